The monoisotopic (exact) mass is 314 g/mol. The fraction of sp³-hybridized carbons (Fsp3) is 1.00. The Bertz CT molecular complexity index is 340. The summed E-state index contributed by atoms with van der Waals surface area (Å²) in [4.78, 5) is 0. The Labute approximate surface area is 128 Å². The molecule has 5 nitrogen and oxygen atoms in total. The molecule has 0 aromatic carbocycles. The van der Waals surface area contributed by atoms with Gasteiger partial charge in [0, 0.05) is 5.54 Å². The molecule has 0 aromatic rings. The summed E-state index contributed by atoms with van der Waals surface area (Å²) in [5.41, 5.74) is -0.632. The van der Waals surface area contributed by atoms with Gasteiger partial charge in [-0.3, -0.25) is 0 Å². The van der Waals surface area contributed by atoms with Gasteiger partial charge >= 0.3 is 0 Å². The summed E-state index contributed by atoms with van der Waals surface area (Å²) in [5, 5.41) is 5.18. The molecular formula is C14H38N2O3S. The van der Waals surface area contributed by atoms with Gasteiger partial charge in [-0.05, 0) is 33.1 Å². The lowest BCUT2D eigenvalue weighted by molar-refractivity contribution is -0.0530. The number of nitrogens with zero attached hydrogens (tertiary/aromatic N) is 1. The second-order valence-electron chi connectivity index (χ2n) is 6.37. The Morgan fingerprint density at radius 2 is 1.40 bits per heavy atom. The van der Waals surface area contributed by atoms with E-state index in [1.807, 2.05) is 27.7 Å². The molecule has 0 bridgehead atoms. The normalized spacial score (nSPS) is 13.8. The molecule has 128 valence electrons. The molecule has 0 aliphatic heterocycles. The molecular weight excluding hydrogens is 276 g/mol. The van der Waals surface area contributed by atoms with Crippen LogP contribution in [0, 0.1) is 5.41 Å². The van der Waals surface area contributed by atoms with Crippen LogP contribution >= 0.6 is 0 Å². The second kappa shape index (κ2) is 8.97. The van der Waals surface area contributed by atoms with Crippen LogP contribution < -0.4 is 5.14 Å². The second-order valence-corrected chi connectivity index (χ2v) is 7.84. The quantitative estimate of drug-likeness (QED) is 0.806. The van der Waals surface area contributed by atoms with Crippen LogP contribution in [0.25, 0.3) is 0 Å². The highest BCUT2D eigenvalue weighted by Gasteiger charge is 2.32. The van der Waals surface area contributed by atoms with Crippen molar-refractivity contribution in [3.8, 4) is 0 Å². The fourth-order valence-electron chi connectivity index (χ4n) is 1.08. The first kappa shape index (κ1) is 28.1. The molecule has 20 heavy (non-hydrogen) atoms. The maximum atomic E-state index is 11.5. The van der Waals surface area contributed by atoms with Gasteiger partial charge in [-0.1, -0.05) is 43.1 Å². The highest BCUT2D eigenvalue weighted by Crippen LogP contribution is 2.23. The summed E-state index contributed by atoms with van der Waals surface area (Å²) < 4.78 is 29.7. The Morgan fingerprint density at radius 1 is 1.05 bits per heavy atom. The average Bonchev–Trinajstić information content (AvgIpc) is 1.96. The lowest BCUT2D eigenvalue weighted by Gasteiger charge is -2.35. The molecule has 0 aliphatic carbocycles. The molecule has 0 aromatic heterocycles. The summed E-state index contributed by atoms with van der Waals surface area (Å²) in [6.45, 7) is 13.3. The molecule has 2 N–H and O–H groups in total. The zero-order valence-corrected chi connectivity index (χ0v) is 12.8. The van der Waals surface area contributed by atoms with Gasteiger partial charge in [0.2, 0.25) is 0 Å². The minimum atomic E-state index is -3.76. The first-order valence-electron chi connectivity index (χ1n) is 5.68. The van der Waals surface area contributed by atoms with Crippen molar-refractivity contribution in [1.82, 2.24) is 4.31 Å². The summed E-state index contributed by atoms with van der Waals surface area (Å²) in [5.74, 6) is 0. The van der Waals surface area contributed by atoms with Crippen LogP contribution in [0.15, 0.2) is 0 Å². The molecule has 0 amide bonds. The van der Waals surface area contributed by atoms with Crippen molar-refractivity contribution in [2.45, 2.75) is 82.4 Å². The lowest BCUT2D eigenvalue weighted by Crippen LogP contribution is -2.50. The van der Waals surface area contributed by atoms with E-state index in [1.165, 1.54) is 0 Å². The Balaban J connectivity index is -0.000000427. The first-order valence-corrected chi connectivity index (χ1v) is 7.19. The SMILES string of the molecule is C.C.C.CC(OCN(C(C)(C)C)S(N)(=O)=O)C(C)(C)C. The largest absolute Gasteiger partial charge is 0.361 e. The molecule has 1 unspecified atom stereocenters. The minimum absolute atomic E-state index is 0. The molecule has 0 fully saturated rings. The van der Waals surface area contributed by atoms with Crippen LogP contribution in [0.3, 0.4) is 0 Å². The topological polar surface area (TPSA) is 72.6 Å². The molecule has 0 radical (unpaired) electrons. The third kappa shape index (κ3) is 9.69. The van der Waals surface area contributed by atoms with Gasteiger partial charge in [-0.15, -0.1) is 0 Å². The summed E-state index contributed by atoms with van der Waals surface area (Å²) >= 11 is 0. The van der Waals surface area contributed by atoms with Crippen LogP contribution in [0.1, 0.15) is 70.7 Å². The van der Waals surface area contributed by atoms with Gasteiger partial charge in [0.25, 0.3) is 10.2 Å². The lowest BCUT2D eigenvalue weighted by atomic mass is 9.90. The van der Waals surface area contributed by atoms with E-state index in [9.17, 15) is 8.42 Å². The van der Waals surface area contributed by atoms with Crippen molar-refractivity contribution >= 4 is 10.2 Å². The van der Waals surface area contributed by atoms with Crippen LogP contribution in [0.2, 0.25) is 0 Å². The number of hydrogen-bond donors (Lipinski definition) is 1. The van der Waals surface area contributed by atoms with E-state index in [2.05, 4.69) is 0 Å². The number of nitrogens with two attached hydrogens (primary N) is 1. The Kier molecular flexibility index (Phi) is 12.6. The zero-order chi connectivity index (χ0) is 14.1. The maximum Gasteiger partial charge on any atom is 0.279 e. The van der Waals surface area contributed by atoms with Crippen LogP contribution in [-0.4, -0.2) is 31.1 Å². The molecule has 1 atom stereocenters. The molecule has 0 rings (SSSR count). The molecule has 6 heteroatoms. The van der Waals surface area contributed by atoms with E-state index in [0.29, 0.717) is 0 Å². The van der Waals surface area contributed by atoms with Crippen molar-refractivity contribution in [2.75, 3.05) is 6.73 Å². The van der Waals surface area contributed by atoms with E-state index in [1.54, 1.807) is 20.8 Å². The third-order valence-electron chi connectivity index (χ3n) is 2.72. The standard InChI is InChI=1S/C11H26N2O3S.3CH4/c1-9(10(2,3)4)16-8-13(11(5,6)7)17(12,14)15;;;/h9H,8H2,1-7H3,(H2,12,14,15);3*1H4. The molecule has 0 saturated heterocycles. The fourth-order valence-corrected chi connectivity index (χ4v) is 2.05. The van der Waals surface area contributed by atoms with E-state index in [0.717, 1.165) is 4.31 Å². The summed E-state index contributed by atoms with van der Waals surface area (Å²) in [6.07, 6.45) is -0.0610. The van der Waals surface area contributed by atoms with Crippen molar-refractivity contribution in [3.05, 3.63) is 0 Å². The Morgan fingerprint density at radius 3 is 1.60 bits per heavy atom. The van der Waals surface area contributed by atoms with Gasteiger partial charge in [-0.2, -0.15) is 12.7 Å². The predicted molar refractivity (Wildman–Crippen MR) is 89.8 cm³/mol. The van der Waals surface area contributed by atoms with E-state index in [-0.39, 0.29) is 40.5 Å². The van der Waals surface area contributed by atoms with Crippen molar-refractivity contribution in [1.29, 1.82) is 0 Å². The van der Waals surface area contributed by atoms with Gasteiger partial charge in [0.1, 0.15) is 6.73 Å². The van der Waals surface area contributed by atoms with E-state index in [4.69, 9.17) is 9.88 Å². The molecule has 0 spiro atoms. The number of rotatable bonds is 4. The van der Waals surface area contributed by atoms with E-state index >= 15 is 0 Å². The molecule has 0 heterocycles. The van der Waals surface area contributed by atoms with Gasteiger partial charge in [0.15, 0.2) is 0 Å². The maximum absolute atomic E-state index is 11.5. The zero-order valence-electron chi connectivity index (χ0n) is 11.9. The van der Waals surface area contributed by atoms with Crippen molar-refractivity contribution in [3.63, 3.8) is 0 Å². The summed E-state index contributed by atoms with van der Waals surface area (Å²) in [6, 6.07) is 0. The van der Waals surface area contributed by atoms with Gasteiger partial charge < -0.3 is 4.74 Å². The van der Waals surface area contributed by atoms with Crippen LogP contribution in [0.4, 0.5) is 0 Å². The number of hydrogen-bond acceptors (Lipinski definition) is 3. The van der Waals surface area contributed by atoms with Crippen LogP contribution in [-0.2, 0) is 14.9 Å². The van der Waals surface area contributed by atoms with Gasteiger partial charge in [-0.25, -0.2) is 5.14 Å². The Hall–Kier alpha value is -0.170. The highest BCUT2D eigenvalue weighted by atomic mass is 32.2. The van der Waals surface area contributed by atoms with Crippen molar-refractivity contribution < 1.29 is 13.2 Å². The van der Waals surface area contributed by atoms with E-state index < -0.39 is 15.7 Å². The predicted octanol–water partition coefficient (Wildman–Crippen LogP) is 3.61. The highest BCUT2D eigenvalue weighted by molar-refractivity contribution is 7.86. The minimum Gasteiger partial charge on any atom is -0.361 e. The average molecular weight is 315 g/mol. The van der Waals surface area contributed by atoms with Gasteiger partial charge in [0.05, 0.1) is 6.10 Å². The smallest absolute Gasteiger partial charge is 0.279 e. The van der Waals surface area contributed by atoms with Crippen molar-refractivity contribution in [2.24, 2.45) is 10.6 Å². The molecule has 0 aliphatic rings. The first-order chi connectivity index (χ1) is 7.26. The van der Waals surface area contributed by atoms with Crippen LogP contribution in [0.5, 0.6) is 0 Å². The number of ether oxygens (including phenoxy) is 1. The summed E-state index contributed by atoms with van der Waals surface area (Å²) in [7, 11) is -3.76. The molecule has 0 saturated carbocycles. The third-order valence-corrected chi connectivity index (χ3v) is 3.98.